The van der Waals surface area contributed by atoms with Crippen molar-refractivity contribution >= 4 is 15.7 Å². The molecule has 130 valence electrons. The summed E-state index contributed by atoms with van der Waals surface area (Å²) in [5.41, 5.74) is 3.41. The molecule has 0 radical (unpaired) electrons. The van der Waals surface area contributed by atoms with E-state index in [1.165, 1.54) is 0 Å². The number of anilines is 1. The van der Waals surface area contributed by atoms with Gasteiger partial charge in [-0.05, 0) is 48.2 Å². The first-order valence-corrected chi connectivity index (χ1v) is 9.75. The van der Waals surface area contributed by atoms with E-state index in [0.29, 0.717) is 17.9 Å². The maximum atomic E-state index is 12.3. The van der Waals surface area contributed by atoms with E-state index in [-0.39, 0.29) is 0 Å². The Hall–Kier alpha value is -1.85. The van der Waals surface area contributed by atoms with Crippen LogP contribution in [0.1, 0.15) is 24.5 Å². The van der Waals surface area contributed by atoms with Crippen molar-refractivity contribution < 1.29 is 8.42 Å². The first kappa shape index (κ1) is 18.5. The number of nitrogens with zero attached hydrogens (tertiary/aromatic N) is 1. The molecule has 0 saturated carbocycles. The molecule has 0 aromatic heterocycles. The Kier molecular flexibility index (Phi) is 6.40. The van der Waals surface area contributed by atoms with Crippen LogP contribution >= 0.6 is 0 Å². The summed E-state index contributed by atoms with van der Waals surface area (Å²) in [4.78, 5) is 2.36. The normalized spacial score (nSPS) is 11.5. The van der Waals surface area contributed by atoms with Gasteiger partial charge in [0.05, 0.1) is 4.90 Å². The minimum absolute atomic E-state index is 0.324. The van der Waals surface area contributed by atoms with Crippen molar-refractivity contribution in [1.29, 1.82) is 0 Å². The summed E-state index contributed by atoms with van der Waals surface area (Å²) in [6.45, 7) is 2.50. The zero-order valence-corrected chi connectivity index (χ0v) is 15.4. The third-order valence-corrected chi connectivity index (χ3v) is 5.41. The van der Waals surface area contributed by atoms with E-state index in [0.717, 1.165) is 29.7 Å². The number of aryl methyl sites for hydroxylation is 1. The van der Waals surface area contributed by atoms with Crippen molar-refractivity contribution in [2.75, 3.05) is 25.5 Å². The van der Waals surface area contributed by atoms with Gasteiger partial charge in [-0.15, -0.1) is 0 Å². The fraction of sp³-hybridized carbons (Fsp3) is 0.368. The zero-order chi connectivity index (χ0) is 17.6. The number of hydrogen-bond donors (Lipinski definition) is 1. The predicted molar refractivity (Wildman–Crippen MR) is 100 cm³/mol. The van der Waals surface area contributed by atoms with Crippen LogP contribution in [0.5, 0.6) is 0 Å². The highest BCUT2D eigenvalue weighted by atomic mass is 32.2. The van der Waals surface area contributed by atoms with Gasteiger partial charge < -0.3 is 4.90 Å². The van der Waals surface area contributed by atoms with Crippen LogP contribution in [0.2, 0.25) is 0 Å². The summed E-state index contributed by atoms with van der Waals surface area (Å²) in [7, 11) is 0.548. The summed E-state index contributed by atoms with van der Waals surface area (Å²) in [6.07, 6.45) is 2.69. The van der Waals surface area contributed by atoms with Crippen LogP contribution in [0.15, 0.2) is 53.4 Å². The van der Waals surface area contributed by atoms with Crippen molar-refractivity contribution in [2.45, 2.75) is 31.1 Å². The average molecular weight is 346 g/mol. The van der Waals surface area contributed by atoms with Crippen LogP contribution in [-0.2, 0) is 22.9 Å². The Labute approximate surface area is 145 Å². The molecule has 1 N–H and O–H groups in total. The number of sulfonamides is 1. The topological polar surface area (TPSA) is 49.4 Å². The maximum Gasteiger partial charge on any atom is 0.240 e. The number of nitrogens with one attached hydrogen (secondary N) is 1. The molecule has 0 bridgehead atoms. The van der Waals surface area contributed by atoms with E-state index < -0.39 is 10.0 Å². The third kappa shape index (κ3) is 5.08. The molecule has 0 saturated heterocycles. The minimum atomic E-state index is -3.44. The summed E-state index contributed by atoms with van der Waals surface area (Å²) in [5.74, 6) is 0. The molecule has 24 heavy (non-hydrogen) atoms. The lowest BCUT2D eigenvalue weighted by Crippen LogP contribution is -2.26. The van der Waals surface area contributed by atoms with Gasteiger partial charge in [-0.25, -0.2) is 13.1 Å². The Morgan fingerprint density at radius 3 is 1.96 bits per heavy atom. The Morgan fingerprint density at radius 2 is 1.42 bits per heavy atom. The van der Waals surface area contributed by atoms with Crippen molar-refractivity contribution in [3.63, 3.8) is 0 Å². The average Bonchev–Trinajstić information content (AvgIpc) is 2.56. The van der Waals surface area contributed by atoms with Gasteiger partial charge in [0.1, 0.15) is 0 Å². The monoisotopic (exact) mass is 346 g/mol. The van der Waals surface area contributed by atoms with Gasteiger partial charge in [0.15, 0.2) is 0 Å². The summed E-state index contributed by atoms with van der Waals surface area (Å²) < 4.78 is 27.3. The van der Waals surface area contributed by atoms with E-state index in [9.17, 15) is 8.42 Å². The Morgan fingerprint density at radius 1 is 0.875 bits per heavy atom. The molecule has 2 aromatic carbocycles. The summed E-state index contributed by atoms with van der Waals surface area (Å²) in [6, 6.07) is 15.3. The van der Waals surface area contributed by atoms with Gasteiger partial charge in [0.25, 0.3) is 0 Å². The lowest BCUT2D eigenvalue weighted by atomic mass is 10.1. The maximum absolute atomic E-state index is 12.3. The molecule has 5 heteroatoms. The van der Waals surface area contributed by atoms with Gasteiger partial charge in [0.2, 0.25) is 10.0 Å². The number of hydrogen-bond acceptors (Lipinski definition) is 3. The second kappa shape index (κ2) is 8.31. The summed E-state index contributed by atoms with van der Waals surface area (Å²) >= 11 is 0. The zero-order valence-electron chi connectivity index (χ0n) is 14.6. The number of benzene rings is 2. The second-order valence-corrected chi connectivity index (χ2v) is 7.87. The molecule has 0 amide bonds. The molecule has 0 spiro atoms. The van der Waals surface area contributed by atoms with Gasteiger partial charge >= 0.3 is 0 Å². The lowest BCUT2D eigenvalue weighted by molar-refractivity contribution is 0.581. The highest BCUT2D eigenvalue weighted by molar-refractivity contribution is 7.89. The largest absolute Gasteiger partial charge is 0.378 e. The SMILES string of the molecule is CCCc1ccc(S(=O)(=O)NCCc2ccc(N(C)C)cc2)cc1. The fourth-order valence-corrected chi connectivity index (χ4v) is 3.53. The van der Waals surface area contributed by atoms with Crippen LogP contribution in [-0.4, -0.2) is 29.1 Å². The molecular weight excluding hydrogens is 320 g/mol. The van der Waals surface area contributed by atoms with Gasteiger partial charge in [-0.2, -0.15) is 0 Å². The van der Waals surface area contributed by atoms with E-state index in [4.69, 9.17) is 0 Å². The molecule has 0 aliphatic rings. The van der Waals surface area contributed by atoms with Crippen LogP contribution in [0.3, 0.4) is 0 Å². The Bertz CT molecular complexity index is 736. The van der Waals surface area contributed by atoms with Crippen molar-refractivity contribution in [2.24, 2.45) is 0 Å². The Balaban J connectivity index is 1.92. The van der Waals surface area contributed by atoms with Gasteiger partial charge in [-0.3, -0.25) is 0 Å². The van der Waals surface area contributed by atoms with E-state index in [2.05, 4.69) is 11.6 Å². The van der Waals surface area contributed by atoms with Crippen LogP contribution in [0.25, 0.3) is 0 Å². The van der Waals surface area contributed by atoms with Crippen LogP contribution in [0, 0.1) is 0 Å². The molecule has 0 heterocycles. The molecule has 0 fully saturated rings. The van der Waals surface area contributed by atoms with E-state index in [1.54, 1.807) is 12.1 Å². The smallest absolute Gasteiger partial charge is 0.240 e. The van der Waals surface area contributed by atoms with Crippen LogP contribution in [0.4, 0.5) is 5.69 Å². The first-order chi connectivity index (χ1) is 11.4. The van der Waals surface area contributed by atoms with Crippen molar-refractivity contribution in [3.8, 4) is 0 Å². The first-order valence-electron chi connectivity index (χ1n) is 8.27. The molecule has 0 aliphatic carbocycles. The standard InChI is InChI=1S/C19H26N2O2S/c1-4-5-16-8-12-19(13-9-16)24(22,23)20-15-14-17-6-10-18(11-7-17)21(2)3/h6-13,20H,4-5,14-15H2,1-3H3. The molecule has 4 nitrogen and oxygen atoms in total. The third-order valence-electron chi connectivity index (χ3n) is 3.93. The lowest BCUT2D eigenvalue weighted by Gasteiger charge is -2.13. The molecule has 0 aliphatic heterocycles. The fourth-order valence-electron chi connectivity index (χ4n) is 2.50. The highest BCUT2D eigenvalue weighted by Crippen LogP contribution is 2.14. The van der Waals surface area contributed by atoms with Gasteiger partial charge in [-0.1, -0.05) is 37.6 Å². The number of rotatable bonds is 8. The molecule has 0 atom stereocenters. The predicted octanol–water partition coefficient (Wildman–Crippen LogP) is 3.23. The van der Waals surface area contributed by atoms with Crippen molar-refractivity contribution in [1.82, 2.24) is 4.72 Å². The molecular formula is C19H26N2O2S. The quantitative estimate of drug-likeness (QED) is 0.798. The van der Waals surface area contributed by atoms with E-state index >= 15 is 0 Å². The van der Waals surface area contributed by atoms with E-state index in [1.807, 2.05) is 55.4 Å². The second-order valence-electron chi connectivity index (χ2n) is 6.10. The molecule has 2 rings (SSSR count). The minimum Gasteiger partial charge on any atom is -0.378 e. The van der Waals surface area contributed by atoms with Crippen molar-refractivity contribution in [3.05, 3.63) is 59.7 Å². The van der Waals surface area contributed by atoms with Gasteiger partial charge in [0, 0.05) is 26.3 Å². The highest BCUT2D eigenvalue weighted by Gasteiger charge is 2.13. The molecule has 0 unspecified atom stereocenters. The van der Waals surface area contributed by atoms with Crippen LogP contribution < -0.4 is 9.62 Å². The molecule has 2 aromatic rings. The summed E-state index contributed by atoms with van der Waals surface area (Å²) in [5, 5.41) is 0.